The van der Waals surface area contributed by atoms with Crippen molar-refractivity contribution in [2.45, 2.75) is 19.1 Å². The van der Waals surface area contributed by atoms with Crippen molar-refractivity contribution in [1.29, 1.82) is 0 Å². The number of thiophene rings is 1. The molecule has 0 spiro atoms. The van der Waals surface area contributed by atoms with Crippen molar-refractivity contribution in [3.63, 3.8) is 0 Å². The highest BCUT2D eigenvalue weighted by molar-refractivity contribution is 7.14. The second-order valence-corrected chi connectivity index (χ2v) is 6.94. The van der Waals surface area contributed by atoms with Gasteiger partial charge >= 0.3 is 0 Å². The summed E-state index contributed by atoms with van der Waals surface area (Å²) < 4.78 is 23.9. The number of ether oxygens (including phenoxy) is 2. The summed E-state index contributed by atoms with van der Waals surface area (Å²) in [6.07, 6.45) is 0.607. The first-order valence-electron chi connectivity index (χ1n) is 7.88. The summed E-state index contributed by atoms with van der Waals surface area (Å²) in [6, 6.07) is 10.2. The van der Waals surface area contributed by atoms with E-state index >= 15 is 0 Å². The summed E-state index contributed by atoms with van der Waals surface area (Å²) >= 11 is 1.47. The molecule has 0 radical (unpaired) electrons. The molecule has 0 saturated carbocycles. The number of halogens is 1. The van der Waals surface area contributed by atoms with Crippen LogP contribution in [0.1, 0.15) is 20.1 Å². The average molecular weight is 349 g/mol. The fourth-order valence-electron chi connectivity index (χ4n) is 2.78. The first-order chi connectivity index (χ1) is 11.7. The second kappa shape index (κ2) is 7.88. The van der Waals surface area contributed by atoms with E-state index in [1.807, 2.05) is 17.0 Å². The van der Waals surface area contributed by atoms with Crippen molar-refractivity contribution < 1.29 is 18.7 Å². The van der Waals surface area contributed by atoms with E-state index in [1.165, 1.54) is 23.5 Å². The lowest BCUT2D eigenvalue weighted by Crippen LogP contribution is -2.46. The molecule has 1 aromatic carbocycles. The molecule has 1 fully saturated rings. The van der Waals surface area contributed by atoms with E-state index in [1.54, 1.807) is 19.2 Å². The van der Waals surface area contributed by atoms with Crippen molar-refractivity contribution in [3.8, 4) is 0 Å². The maximum absolute atomic E-state index is 13.0. The summed E-state index contributed by atoms with van der Waals surface area (Å²) in [4.78, 5) is 16.2. The molecule has 24 heavy (non-hydrogen) atoms. The van der Waals surface area contributed by atoms with Gasteiger partial charge in [0.1, 0.15) is 5.82 Å². The zero-order chi connectivity index (χ0) is 16.9. The van der Waals surface area contributed by atoms with Gasteiger partial charge in [0.25, 0.3) is 5.91 Å². The third-order valence-electron chi connectivity index (χ3n) is 3.96. The number of amides is 1. The fraction of sp³-hybridized carbons (Fsp3) is 0.389. The number of carbonyl (C=O) groups excluding carboxylic acids is 1. The van der Waals surface area contributed by atoms with Gasteiger partial charge in [-0.15, -0.1) is 11.3 Å². The van der Waals surface area contributed by atoms with Crippen LogP contribution in [-0.4, -0.2) is 43.7 Å². The lowest BCUT2D eigenvalue weighted by molar-refractivity contribution is -0.0206. The first kappa shape index (κ1) is 17.1. The van der Waals surface area contributed by atoms with Crippen LogP contribution in [0, 0.1) is 5.82 Å². The Hall–Kier alpha value is -1.76. The third kappa shape index (κ3) is 4.20. The van der Waals surface area contributed by atoms with E-state index in [0.717, 1.165) is 15.3 Å². The van der Waals surface area contributed by atoms with E-state index in [2.05, 4.69) is 0 Å². The standard InChI is InChI=1S/C18H20FNO3S/c1-22-12-16-6-7-17(24-16)18(21)20-8-9-23-15(11-20)10-13-2-4-14(19)5-3-13/h2-7,15H,8-12H2,1H3/t15-/m0/s1. The molecule has 2 aromatic rings. The molecule has 1 aromatic heterocycles. The van der Waals surface area contributed by atoms with Gasteiger partial charge in [-0.25, -0.2) is 4.39 Å². The van der Waals surface area contributed by atoms with Crippen LogP contribution in [-0.2, 0) is 22.5 Å². The Morgan fingerprint density at radius 2 is 2.12 bits per heavy atom. The van der Waals surface area contributed by atoms with Crippen LogP contribution in [0.15, 0.2) is 36.4 Å². The van der Waals surface area contributed by atoms with Crippen LogP contribution >= 0.6 is 11.3 Å². The minimum absolute atomic E-state index is 0.0368. The van der Waals surface area contributed by atoms with Gasteiger partial charge in [-0.05, 0) is 29.8 Å². The molecular formula is C18H20FNO3S. The van der Waals surface area contributed by atoms with Gasteiger partial charge in [-0.1, -0.05) is 12.1 Å². The summed E-state index contributed by atoms with van der Waals surface area (Å²) in [5.74, 6) is -0.209. The highest BCUT2D eigenvalue weighted by Crippen LogP contribution is 2.21. The van der Waals surface area contributed by atoms with Gasteiger partial charge in [0, 0.05) is 31.5 Å². The van der Waals surface area contributed by atoms with Gasteiger partial charge in [0.15, 0.2) is 0 Å². The van der Waals surface area contributed by atoms with Gasteiger partial charge < -0.3 is 14.4 Å². The fourth-order valence-corrected chi connectivity index (χ4v) is 3.73. The van der Waals surface area contributed by atoms with E-state index < -0.39 is 0 Å². The predicted octanol–water partition coefficient (Wildman–Crippen LogP) is 3.12. The third-order valence-corrected chi connectivity index (χ3v) is 5.01. The number of morpholine rings is 1. The molecule has 4 nitrogen and oxygen atoms in total. The Balaban J connectivity index is 1.61. The Bertz CT molecular complexity index is 686. The van der Waals surface area contributed by atoms with Crippen molar-refractivity contribution in [1.82, 2.24) is 4.90 Å². The topological polar surface area (TPSA) is 38.8 Å². The van der Waals surface area contributed by atoms with E-state index in [9.17, 15) is 9.18 Å². The van der Waals surface area contributed by atoms with Gasteiger partial charge in [-0.3, -0.25) is 4.79 Å². The number of carbonyl (C=O) groups is 1. The molecular weight excluding hydrogens is 329 g/mol. The molecule has 0 aliphatic carbocycles. The summed E-state index contributed by atoms with van der Waals surface area (Å²) in [7, 11) is 1.64. The molecule has 0 bridgehead atoms. The van der Waals surface area contributed by atoms with Crippen LogP contribution in [0.3, 0.4) is 0 Å². The lowest BCUT2D eigenvalue weighted by Gasteiger charge is -2.32. The zero-order valence-electron chi connectivity index (χ0n) is 13.5. The van der Waals surface area contributed by atoms with Crippen LogP contribution in [0.4, 0.5) is 4.39 Å². The number of benzene rings is 1. The Kier molecular flexibility index (Phi) is 5.60. The van der Waals surface area contributed by atoms with Crippen LogP contribution in [0.25, 0.3) is 0 Å². The zero-order valence-corrected chi connectivity index (χ0v) is 14.4. The number of hydrogen-bond acceptors (Lipinski definition) is 4. The monoisotopic (exact) mass is 349 g/mol. The molecule has 1 atom stereocenters. The number of hydrogen-bond donors (Lipinski definition) is 0. The van der Waals surface area contributed by atoms with Crippen molar-refractivity contribution in [3.05, 3.63) is 57.5 Å². The highest BCUT2D eigenvalue weighted by Gasteiger charge is 2.26. The second-order valence-electron chi connectivity index (χ2n) is 5.77. The van der Waals surface area contributed by atoms with Gasteiger partial charge in [0.2, 0.25) is 0 Å². The maximum atomic E-state index is 13.0. The molecule has 1 amide bonds. The Morgan fingerprint density at radius 3 is 2.88 bits per heavy atom. The first-order valence-corrected chi connectivity index (χ1v) is 8.70. The van der Waals surface area contributed by atoms with Crippen molar-refractivity contribution in [2.75, 3.05) is 26.8 Å². The molecule has 3 rings (SSSR count). The van der Waals surface area contributed by atoms with Crippen LogP contribution < -0.4 is 0 Å². The maximum Gasteiger partial charge on any atom is 0.264 e. The van der Waals surface area contributed by atoms with E-state index in [0.29, 0.717) is 32.7 Å². The smallest absolute Gasteiger partial charge is 0.264 e. The Morgan fingerprint density at radius 1 is 1.33 bits per heavy atom. The largest absolute Gasteiger partial charge is 0.379 e. The molecule has 6 heteroatoms. The molecule has 128 valence electrons. The molecule has 0 N–H and O–H groups in total. The normalized spacial score (nSPS) is 17.9. The molecule has 1 aliphatic heterocycles. The minimum atomic E-state index is -0.246. The molecule has 1 saturated heterocycles. The Labute approximate surface area is 144 Å². The van der Waals surface area contributed by atoms with Crippen molar-refractivity contribution >= 4 is 17.2 Å². The number of rotatable bonds is 5. The van der Waals surface area contributed by atoms with E-state index in [-0.39, 0.29) is 17.8 Å². The molecule has 1 aliphatic rings. The molecule has 0 unspecified atom stereocenters. The van der Waals surface area contributed by atoms with Crippen LogP contribution in [0.2, 0.25) is 0 Å². The summed E-state index contributed by atoms with van der Waals surface area (Å²) in [6.45, 7) is 2.19. The predicted molar refractivity (Wildman–Crippen MR) is 90.8 cm³/mol. The highest BCUT2D eigenvalue weighted by atomic mass is 32.1. The van der Waals surface area contributed by atoms with Crippen LogP contribution in [0.5, 0.6) is 0 Å². The SMILES string of the molecule is COCc1ccc(C(=O)N2CCO[C@@H](Cc3ccc(F)cc3)C2)s1. The van der Waals surface area contributed by atoms with Gasteiger partial charge in [0.05, 0.1) is 24.2 Å². The number of methoxy groups -OCH3 is 1. The van der Waals surface area contributed by atoms with Gasteiger partial charge in [-0.2, -0.15) is 0 Å². The quantitative estimate of drug-likeness (QED) is 0.833. The molecule has 2 heterocycles. The van der Waals surface area contributed by atoms with E-state index in [4.69, 9.17) is 9.47 Å². The lowest BCUT2D eigenvalue weighted by atomic mass is 10.1. The summed E-state index contributed by atoms with van der Waals surface area (Å²) in [5.41, 5.74) is 1.01. The number of nitrogens with zero attached hydrogens (tertiary/aromatic N) is 1. The van der Waals surface area contributed by atoms with Crippen molar-refractivity contribution in [2.24, 2.45) is 0 Å². The minimum Gasteiger partial charge on any atom is -0.379 e. The average Bonchev–Trinajstić information content (AvgIpc) is 3.06. The summed E-state index contributed by atoms with van der Waals surface area (Å²) in [5, 5.41) is 0.